The predicted molar refractivity (Wildman–Crippen MR) is 108 cm³/mol. The quantitative estimate of drug-likeness (QED) is 0.604. The van der Waals surface area contributed by atoms with Crippen LogP contribution in [0.1, 0.15) is 31.2 Å². The van der Waals surface area contributed by atoms with Crippen molar-refractivity contribution < 1.29 is 19.1 Å². The zero-order valence-corrected chi connectivity index (χ0v) is 16.9. The highest BCUT2D eigenvalue weighted by molar-refractivity contribution is 7.18. The minimum atomic E-state index is -0.619. The van der Waals surface area contributed by atoms with Crippen molar-refractivity contribution in [2.45, 2.75) is 6.92 Å². The lowest BCUT2D eigenvalue weighted by molar-refractivity contribution is -0.111. The number of halogens is 1. The minimum absolute atomic E-state index is 0.173. The van der Waals surface area contributed by atoms with Crippen LogP contribution >= 0.6 is 22.9 Å². The molecule has 2 aromatic rings. The van der Waals surface area contributed by atoms with Crippen LogP contribution in [0.15, 0.2) is 30.3 Å². The van der Waals surface area contributed by atoms with Gasteiger partial charge in [-0.3, -0.25) is 9.59 Å². The summed E-state index contributed by atoms with van der Waals surface area (Å²) in [6.07, 6.45) is 2.88. The van der Waals surface area contributed by atoms with E-state index in [-0.39, 0.29) is 16.5 Å². The minimum Gasteiger partial charge on any atom is -0.465 e. The molecule has 0 aliphatic heterocycles. The Kier molecular flexibility index (Phi) is 6.76. The Morgan fingerprint density at radius 2 is 1.89 bits per heavy atom. The summed E-state index contributed by atoms with van der Waals surface area (Å²) in [5.41, 5.74) is 1.33. The van der Waals surface area contributed by atoms with Crippen LogP contribution < -0.4 is 5.32 Å². The number of carbonyl (C=O) groups is 3. The molecular formula is C19H19ClN2O4S. The average molecular weight is 407 g/mol. The Hall–Kier alpha value is -2.64. The standard InChI is InChI=1S/C19H19ClN2O4S/c1-11-15(19(25)26-4)17(27-16(11)18(24)22(2)3)21-14(23)10-9-12-7-5-6-8-13(12)20/h5-10H,1-4H3,(H,21,23)/b10-9+. The normalized spacial score (nSPS) is 10.7. The van der Waals surface area contributed by atoms with Gasteiger partial charge >= 0.3 is 5.97 Å². The number of anilines is 1. The zero-order valence-electron chi connectivity index (χ0n) is 15.3. The predicted octanol–water partition coefficient (Wildman–Crippen LogP) is 3.85. The molecule has 2 rings (SSSR count). The van der Waals surface area contributed by atoms with E-state index in [1.165, 1.54) is 18.1 Å². The molecule has 0 fully saturated rings. The molecule has 2 amide bonds. The molecule has 0 saturated carbocycles. The maximum Gasteiger partial charge on any atom is 0.341 e. The molecule has 27 heavy (non-hydrogen) atoms. The largest absolute Gasteiger partial charge is 0.465 e. The van der Waals surface area contributed by atoms with Gasteiger partial charge in [-0.2, -0.15) is 0 Å². The summed E-state index contributed by atoms with van der Waals surface area (Å²) in [5.74, 6) is -1.33. The van der Waals surface area contributed by atoms with Gasteiger partial charge in [0.1, 0.15) is 5.00 Å². The molecule has 0 aliphatic carbocycles. The molecule has 8 heteroatoms. The lowest BCUT2D eigenvalue weighted by Crippen LogP contribution is -2.21. The Morgan fingerprint density at radius 3 is 2.48 bits per heavy atom. The van der Waals surface area contributed by atoms with Gasteiger partial charge in [-0.25, -0.2) is 4.79 Å². The second-order valence-electron chi connectivity index (χ2n) is 5.80. The van der Waals surface area contributed by atoms with Gasteiger partial charge in [0.25, 0.3) is 5.91 Å². The van der Waals surface area contributed by atoms with Gasteiger partial charge in [0.15, 0.2) is 0 Å². The molecule has 0 radical (unpaired) electrons. The van der Waals surface area contributed by atoms with Gasteiger partial charge in [0, 0.05) is 25.2 Å². The number of nitrogens with zero attached hydrogens (tertiary/aromatic N) is 1. The van der Waals surface area contributed by atoms with Crippen LogP contribution in [0.5, 0.6) is 0 Å². The second kappa shape index (κ2) is 8.83. The number of hydrogen-bond donors (Lipinski definition) is 1. The number of hydrogen-bond acceptors (Lipinski definition) is 5. The van der Waals surface area contributed by atoms with Gasteiger partial charge in [0.05, 0.1) is 17.6 Å². The van der Waals surface area contributed by atoms with Crippen LogP contribution in [0.25, 0.3) is 6.08 Å². The molecule has 0 atom stereocenters. The molecule has 1 aromatic carbocycles. The molecule has 142 valence electrons. The fraction of sp³-hybridized carbons (Fsp3) is 0.211. The van der Waals surface area contributed by atoms with Crippen LogP contribution in [0.2, 0.25) is 5.02 Å². The molecule has 6 nitrogen and oxygen atoms in total. The monoisotopic (exact) mass is 406 g/mol. The highest BCUT2D eigenvalue weighted by atomic mass is 35.5. The number of carbonyl (C=O) groups excluding carboxylic acids is 3. The van der Waals surface area contributed by atoms with Gasteiger partial charge in [-0.1, -0.05) is 29.8 Å². The van der Waals surface area contributed by atoms with Gasteiger partial charge < -0.3 is 15.0 Å². The summed E-state index contributed by atoms with van der Waals surface area (Å²) in [7, 11) is 4.48. The van der Waals surface area contributed by atoms with Crippen molar-refractivity contribution in [2.75, 3.05) is 26.5 Å². The molecule has 1 heterocycles. The molecule has 0 unspecified atom stereocenters. The van der Waals surface area contributed by atoms with E-state index >= 15 is 0 Å². The first kappa shape index (κ1) is 20.7. The summed E-state index contributed by atoms with van der Waals surface area (Å²) >= 11 is 7.09. The number of methoxy groups -OCH3 is 1. The summed E-state index contributed by atoms with van der Waals surface area (Å²) in [6.45, 7) is 1.65. The number of esters is 1. The van der Waals surface area contributed by atoms with E-state index in [4.69, 9.17) is 16.3 Å². The smallest absolute Gasteiger partial charge is 0.341 e. The molecule has 0 bridgehead atoms. The highest BCUT2D eigenvalue weighted by Gasteiger charge is 2.26. The number of ether oxygens (including phenoxy) is 1. The van der Waals surface area contributed by atoms with Crippen LogP contribution in [0.3, 0.4) is 0 Å². The Balaban J connectivity index is 2.33. The third-order valence-corrected chi connectivity index (χ3v) is 5.23. The SMILES string of the molecule is COC(=O)c1c(NC(=O)/C=C/c2ccccc2Cl)sc(C(=O)N(C)C)c1C. The van der Waals surface area contributed by atoms with E-state index in [9.17, 15) is 14.4 Å². The molecule has 0 aliphatic rings. The van der Waals surface area contributed by atoms with Crippen molar-refractivity contribution in [1.82, 2.24) is 4.90 Å². The second-order valence-corrected chi connectivity index (χ2v) is 7.22. The van der Waals surface area contributed by atoms with E-state index in [0.717, 1.165) is 11.3 Å². The van der Waals surface area contributed by atoms with Crippen LogP contribution in [-0.4, -0.2) is 43.9 Å². The third-order valence-electron chi connectivity index (χ3n) is 3.69. The summed E-state index contributed by atoms with van der Waals surface area (Å²) < 4.78 is 4.79. The van der Waals surface area contributed by atoms with E-state index in [1.807, 2.05) is 0 Å². The van der Waals surface area contributed by atoms with E-state index < -0.39 is 11.9 Å². The Bertz CT molecular complexity index is 918. The Morgan fingerprint density at radius 1 is 1.22 bits per heavy atom. The molecular weight excluding hydrogens is 388 g/mol. The van der Waals surface area contributed by atoms with Gasteiger partial charge in [0.2, 0.25) is 5.91 Å². The highest BCUT2D eigenvalue weighted by Crippen LogP contribution is 2.34. The average Bonchev–Trinajstić information content (AvgIpc) is 2.95. The van der Waals surface area contributed by atoms with Crippen molar-refractivity contribution in [2.24, 2.45) is 0 Å². The first-order chi connectivity index (χ1) is 12.8. The third kappa shape index (κ3) is 4.75. The number of benzene rings is 1. The number of amides is 2. The molecule has 1 aromatic heterocycles. The lowest BCUT2D eigenvalue weighted by atomic mass is 10.1. The maximum atomic E-state index is 12.3. The van der Waals surface area contributed by atoms with E-state index in [0.29, 0.717) is 21.0 Å². The fourth-order valence-corrected chi connectivity index (χ4v) is 3.70. The van der Waals surface area contributed by atoms with Crippen molar-refractivity contribution in [3.63, 3.8) is 0 Å². The van der Waals surface area contributed by atoms with Crippen LogP contribution in [-0.2, 0) is 9.53 Å². The first-order valence-electron chi connectivity index (χ1n) is 7.93. The van der Waals surface area contributed by atoms with Crippen molar-refractivity contribution in [1.29, 1.82) is 0 Å². The van der Waals surface area contributed by atoms with Crippen molar-refractivity contribution in [3.8, 4) is 0 Å². The Labute approximate surface area is 166 Å². The maximum absolute atomic E-state index is 12.3. The summed E-state index contributed by atoms with van der Waals surface area (Å²) in [5, 5.41) is 3.43. The van der Waals surface area contributed by atoms with Gasteiger partial charge in [-0.15, -0.1) is 11.3 Å². The van der Waals surface area contributed by atoms with Crippen molar-refractivity contribution in [3.05, 3.63) is 56.9 Å². The van der Waals surface area contributed by atoms with E-state index in [1.54, 1.807) is 51.4 Å². The first-order valence-corrected chi connectivity index (χ1v) is 9.12. The number of thiophene rings is 1. The molecule has 0 spiro atoms. The van der Waals surface area contributed by atoms with Crippen LogP contribution in [0, 0.1) is 6.92 Å². The van der Waals surface area contributed by atoms with Crippen LogP contribution in [0.4, 0.5) is 5.00 Å². The lowest BCUT2D eigenvalue weighted by Gasteiger charge is -2.08. The van der Waals surface area contributed by atoms with Gasteiger partial charge in [-0.05, 0) is 30.2 Å². The summed E-state index contributed by atoms with van der Waals surface area (Å²) in [4.78, 5) is 38.5. The molecule has 1 N–H and O–H groups in total. The fourth-order valence-electron chi connectivity index (χ4n) is 2.29. The molecule has 0 saturated heterocycles. The number of nitrogens with one attached hydrogen (secondary N) is 1. The number of rotatable bonds is 5. The topological polar surface area (TPSA) is 75.7 Å². The van der Waals surface area contributed by atoms with E-state index in [2.05, 4.69) is 5.32 Å². The summed E-state index contributed by atoms with van der Waals surface area (Å²) in [6, 6.07) is 7.09. The zero-order chi connectivity index (χ0) is 20.1. The van der Waals surface area contributed by atoms with Crippen molar-refractivity contribution >= 4 is 51.8 Å².